The molecule has 6 heteroatoms. The van der Waals surface area contributed by atoms with Crippen molar-refractivity contribution in [3.8, 4) is 22.1 Å². The molecule has 1 aliphatic heterocycles. The van der Waals surface area contributed by atoms with Gasteiger partial charge in [0.2, 0.25) is 0 Å². The minimum Gasteiger partial charge on any atom is -0.486 e. The van der Waals surface area contributed by atoms with E-state index in [0.29, 0.717) is 30.3 Å². The SMILES string of the molecule is Cc1ccc(-c2nc3ccccc3s2)cc1NC(=O)c1ccc2c(c1)OCCO2. The van der Waals surface area contributed by atoms with Gasteiger partial charge in [-0.05, 0) is 48.9 Å². The molecule has 1 amide bonds. The third kappa shape index (κ3) is 3.43. The minimum absolute atomic E-state index is 0.188. The summed E-state index contributed by atoms with van der Waals surface area (Å²) in [6.45, 7) is 2.99. The zero-order valence-corrected chi connectivity index (χ0v) is 16.6. The van der Waals surface area contributed by atoms with Gasteiger partial charge in [-0.3, -0.25) is 4.79 Å². The van der Waals surface area contributed by atoms with Crippen molar-refractivity contribution < 1.29 is 14.3 Å². The lowest BCUT2D eigenvalue weighted by atomic mass is 10.1. The molecule has 0 saturated carbocycles. The summed E-state index contributed by atoms with van der Waals surface area (Å²) in [4.78, 5) is 17.5. The highest BCUT2D eigenvalue weighted by Gasteiger charge is 2.16. The van der Waals surface area contributed by atoms with Gasteiger partial charge in [0.15, 0.2) is 11.5 Å². The Hall–Kier alpha value is -3.38. The van der Waals surface area contributed by atoms with Gasteiger partial charge >= 0.3 is 0 Å². The average Bonchev–Trinajstić information content (AvgIpc) is 3.19. The molecule has 1 aromatic heterocycles. The van der Waals surface area contributed by atoms with E-state index in [-0.39, 0.29) is 5.91 Å². The first-order valence-corrected chi connectivity index (χ1v) is 10.2. The van der Waals surface area contributed by atoms with E-state index in [0.717, 1.165) is 32.0 Å². The highest BCUT2D eigenvalue weighted by Crippen LogP contribution is 2.33. The summed E-state index contributed by atoms with van der Waals surface area (Å²) in [6, 6.07) is 19.3. The summed E-state index contributed by atoms with van der Waals surface area (Å²) in [5.74, 6) is 1.08. The van der Waals surface area contributed by atoms with Gasteiger partial charge in [-0.25, -0.2) is 4.98 Å². The molecule has 1 aliphatic rings. The molecule has 0 radical (unpaired) electrons. The number of nitrogens with one attached hydrogen (secondary N) is 1. The van der Waals surface area contributed by atoms with Crippen LogP contribution in [-0.2, 0) is 0 Å². The van der Waals surface area contributed by atoms with Gasteiger partial charge in [0.25, 0.3) is 5.91 Å². The third-order valence-corrected chi connectivity index (χ3v) is 5.92. The van der Waals surface area contributed by atoms with E-state index in [4.69, 9.17) is 14.5 Å². The van der Waals surface area contributed by atoms with Crippen LogP contribution in [0.15, 0.2) is 60.7 Å². The lowest BCUT2D eigenvalue weighted by Gasteiger charge is -2.18. The van der Waals surface area contributed by atoms with Crippen molar-refractivity contribution in [2.75, 3.05) is 18.5 Å². The van der Waals surface area contributed by atoms with Crippen molar-refractivity contribution in [2.24, 2.45) is 0 Å². The van der Waals surface area contributed by atoms with Crippen LogP contribution >= 0.6 is 11.3 Å². The zero-order valence-electron chi connectivity index (χ0n) is 15.8. The van der Waals surface area contributed by atoms with Crippen LogP contribution in [-0.4, -0.2) is 24.1 Å². The van der Waals surface area contributed by atoms with Crippen molar-refractivity contribution in [3.05, 3.63) is 71.8 Å². The molecule has 0 bridgehead atoms. The lowest BCUT2D eigenvalue weighted by molar-refractivity contribution is 0.102. The molecule has 144 valence electrons. The Morgan fingerprint density at radius 2 is 1.83 bits per heavy atom. The van der Waals surface area contributed by atoms with Crippen molar-refractivity contribution >= 4 is 33.1 Å². The number of nitrogens with zero attached hydrogens (tertiary/aromatic N) is 1. The van der Waals surface area contributed by atoms with Gasteiger partial charge in [-0.15, -0.1) is 11.3 Å². The quantitative estimate of drug-likeness (QED) is 0.505. The first kappa shape index (κ1) is 17.7. The lowest BCUT2D eigenvalue weighted by Crippen LogP contribution is -2.17. The Kier molecular flexibility index (Phi) is 4.41. The zero-order chi connectivity index (χ0) is 19.8. The largest absolute Gasteiger partial charge is 0.486 e. The van der Waals surface area contributed by atoms with E-state index < -0.39 is 0 Å². The molecule has 0 fully saturated rings. The molecule has 4 aromatic rings. The Bertz CT molecular complexity index is 1200. The number of ether oxygens (including phenoxy) is 2. The highest BCUT2D eigenvalue weighted by atomic mass is 32.1. The summed E-state index contributed by atoms with van der Waals surface area (Å²) in [5, 5.41) is 3.95. The average molecular weight is 402 g/mol. The second-order valence-corrected chi connectivity index (χ2v) is 7.86. The Morgan fingerprint density at radius 3 is 2.69 bits per heavy atom. The molecule has 0 unspecified atom stereocenters. The van der Waals surface area contributed by atoms with E-state index in [2.05, 4.69) is 11.4 Å². The first-order chi connectivity index (χ1) is 14.2. The Labute approximate surface area is 171 Å². The fourth-order valence-electron chi connectivity index (χ4n) is 3.26. The van der Waals surface area contributed by atoms with Gasteiger partial charge in [0, 0.05) is 16.8 Å². The fraction of sp³-hybridized carbons (Fsp3) is 0.130. The van der Waals surface area contributed by atoms with Gasteiger partial charge in [-0.2, -0.15) is 0 Å². The molecule has 0 atom stereocenters. The molecule has 0 saturated heterocycles. The second kappa shape index (κ2) is 7.22. The molecule has 29 heavy (non-hydrogen) atoms. The van der Waals surface area contributed by atoms with Crippen molar-refractivity contribution in [2.45, 2.75) is 6.92 Å². The van der Waals surface area contributed by atoms with E-state index in [1.165, 1.54) is 0 Å². The van der Waals surface area contributed by atoms with Crippen LogP contribution in [0.3, 0.4) is 0 Å². The summed E-state index contributed by atoms with van der Waals surface area (Å²) >= 11 is 1.64. The predicted octanol–water partition coefficient (Wildman–Crippen LogP) is 5.30. The van der Waals surface area contributed by atoms with Crippen molar-refractivity contribution in [3.63, 3.8) is 0 Å². The second-order valence-electron chi connectivity index (χ2n) is 6.83. The minimum atomic E-state index is -0.188. The number of aromatic nitrogens is 1. The molecule has 3 aromatic carbocycles. The highest BCUT2D eigenvalue weighted by molar-refractivity contribution is 7.21. The molecule has 5 rings (SSSR count). The van der Waals surface area contributed by atoms with E-state index in [1.54, 1.807) is 29.5 Å². The van der Waals surface area contributed by atoms with Crippen LogP contribution in [0.5, 0.6) is 11.5 Å². The summed E-state index contributed by atoms with van der Waals surface area (Å²) in [7, 11) is 0. The van der Waals surface area contributed by atoms with Gasteiger partial charge < -0.3 is 14.8 Å². The topological polar surface area (TPSA) is 60.5 Å². The number of amides is 1. The van der Waals surface area contributed by atoms with Crippen molar-refractivity contribution in [1.82, 2.24) is 4.98 Å². The number of para-hydroxylation sites is 1. The molecule has 0 spiro atoms. The normalized spacial score (nSPS) is 12.7. The monoisotopic (exact) mass is 402 g/mol. The summed E-state index contributed by atoms with van der Waals surface area (Å²) in [6.07, 6.45) is 0. The number of benzene rings is 3. The maximum Gasteiger partial charge on any atom is 0.255 e. The maximum absolute atomic E-state index is 12.8. The van der Waals surface area contributed by atoms with Crippen LogP contribution < -0.4 is 14.8 Å². The Balaban J connectivity index is 1.43. The van der Waals surface area contributed by atoms with E-state index in [9.17, 15) is 4.79 Å². The molecular formula is C23H18N2O3S. The van der Waals surface area contributed by atoms with Gasteiger partial charge in [0.05, 0.1) is 10.2 Å². The number of anilines is 1. The number of aryl methyl sites for hydroxylation is 1. The molecule has 1 N–H and O–H groups in total. The number of carbonyl (C=O) groups is 1. The van der Waals surface area contributed by atoms with Gasteiger partial charge in [0.1, 0.15) is 18.2 Å². The van der Waals surface area contributed by atoms with Gasteiger partial charge in [-0.1, -0.05) is 24.3 Å². The number of hydrogen-bond donors (Lipinski definition) is 1. The summed E-state index contributed by atoms with van der Waals surface area (Å²) < 4.78 is 12.2. The van der Waals surface area contributed by atoms with Crippen LogP contribution in [0.2, 0.25) is 0 Å². The number of thiazole rings is 1. The van der Waals surface area contributed by atoms with E-state index in [1.807, 2.05) is 43.3 Å². The smallest absolute Gasteiger partial charge is 0.255 e. The number of fused-ring (bicyclic) bond motifs is 2. The number of hydrogen-bond acceptors (Lipinski definition) is 5. The fourth-order valence-corrected chi connectivity index (χ4v) is 4.23. The van der Waals surface area contributed by atoms with E-state index >= 15 is 0 Å². The van der Waals surface area contributed by atoms with Crippen LogP contribution in [0.1, 0.15) is 15.9 Å². The molecule has 0 aliphatic carbocycles. The summed E-state index contributed by atoms with van der Waals surface area (Å²) in [5.41, 5.74) is 4.24. The number of carbonyl (C=O) groups excluding carboxylic acids is 1. The molecule has 5 nitrogen and oxygen atoms in total. The molecule has 2 heterocycles. The van der Waals surface area contributed by atoms with Crippen LogP contribution in [0.25, 0.3) is 20.8 Å². The predicted molar refractivity (Wildman–Crippen MR) is 115 cm³/mol. The Morgan fingerprint density at radius 1 is 1.00 bits per heavy atom. The standard InChI is InChI=1S/C23H18N2O3S/c1-14-6-7-16(23-25-17-4-2-3-5-21(17)29-23)12-18(14)24-22(26)15-8-9-19-20(13-15)28-11-10-27-19/h2-9,12-13H,10-11H2,1H3,(H,24,26). The first-order valence-electron chi connectivity index (χ1n) is 9.35. The third-order valence-electron chi connectivity index (χ3n) is 4.83. The molecular weight excluding hydrogens is 384 g/mol. The van der Waals surface area contributed by atoms with Crippen LogP contribution in [0, 0.1) is 6.92 Å². The van der Waals surface area contributed by atoms with Crippen LogP contribution in [0.4, 0.5) is 5.69 Å². The number of rotatable bonds is 3. The van der Waals surface area contributed by atoms with Crippen molar-refractivity contribution in [1.29, 1.82) is 0 Å². The maximum atomic E-state index is 12.8.